The molecule has 24 heavy (non-hydrogen) atoms. The van der Waals surface area contributed by atoms with Crippen molar-refractivity contribution in [2.24, 2.45) is 0 Å². The van der Waals surface area contributed by atoms with E-state index in [1.165, 1.54) is 49.4 Å². The summed E-state index contributed by atoms with van der Waals surface area (Å²) in [6, 6.07) is 7.98. The number of nitrogens with one attached hydrogen (secondary N) is 2. The number of benzene rings is 2. The third kappa shape index (κ3) is 4.67. The van der Waals surface area contributed by atoms with Gasteiger partial charge in [-0.2, -0.15) is 4.72 Å². The molecule has 0 saturated heterocycles. The first-order valence-electron chi connectivity index (χ1n) is 6.73. The van der Waals surface area contributed by atoms with Gasteiger partial charge < -0.3 is 5.32 Å². The maximum atomic E-state index is 12.8. The fraction of sp³-hybridized carbons (Fsp3) is 0.133. The van der Waals surface area contributed by atoms with Crippen LogP contribution in [-0.2, 0) is 14.8 Å². The summed E-state index contributed by atoms with van der Waals surface area (Å²) >= 11 is 11.7. The van der Waals surface area contributed by atoms with Crippen molar-refractivity contribution < 1.29 is 17.6 Å². The number of carbonyl (C=O) groups is 1. The molecule has 0 fully saturated rings. The number of amides is 1. The van der Waals surface area contributed by atoms with Crippen molar-refractivity contribution >= 4 is 44.8 Å². The van der Waals surface area contributed by atoms with Gasteiger partial charge in [-0.1, -0.05) is 23.2 Å². The zero-order valence-corrected chi connectivity index (χ0v) is 14.7. The number of hydrogen-bond donors (Lipinski definition) is 2. The van der Waals surface area contributed by atoms with E-state index in [4.69, 9.17) is 23.2 Å². The zero-order chi connectivity index (χ0) is 17.9. The SMILES string of the molecule is C[C@@H](NS(=O)(=O)c1cc(Cl)ccc1Cl)C(=O)Nc1ccc(F)cc1. The maximum Gasteiger partial charge on any atom is 0.242 e. The molecule has 0 radical (unpaired) electrons. The van der Waals surface area contributed by atoms with Gasteiger partial charge >= 0.3 is 0 Å². The highest BCUT2D eigenvalue weighted by Gasteiger charge is 2.24. The molecule has 0 aromatic heterocycles. The lowest BCUT2D eigenvalue weighted by atomic mass is 10.3. The van der Waals surface area contributed by atoms with Gasteiger partial charge in [0.2, 0.25) is 15.9 Å². The first-order chi connectivity index (χ1) is 11.2. The summed E-state index contributed by atoms with van der Waals surface area (Å²) in [4.78, 5) is 11.8. The summed E-state index contributed by atoms with van der Waals surface area (Å²) in [5.74, 6) is -1.05. The molecule has 0 heterocycles. The van der Waals surface area contributed by atoms with E-state index in [1.807, 2.05) is 0 Å². The Hall–Kier alpha value is -1.67. The van der Waals surface area contributed by atoms with Crippen LogP contribution in [0.1, 0.15) is 6.92 Å². The van der Waals surface area contributed by atoms with E-state index in [0.717, 1.165) is 0 Å². The van der Waals surface area contributed by atoms with Gasteiger partial charge in [0.05, 0.1) is 11.1 Å². The van der Waals surface area contributed by atoms with Crippen molar-refractivity contribution in [2.45, 2.75) is 17.9 Å². The second-order valence-electron chi connectivity index (χ2n) is 4.91. The first-order valence-corrected chi connectivity index (χ1v) is 8.97. The number of sulfonamides is 1. The smallest absolute Gasteiger partial charge is 0.242 e. The summed E-state index contributed by atoms with van der Waals surface area (Å²) in [6.45, 7) is 1.37. The largest absolute Gasteiger partial charge is 0.325 e. The van der Waals surface area contributed by atoms with Crippen LogP contribution in [0, 0.1) is 5.82 Å². The zero-order valence-electron chi connectivity index (χ0n) is 12.4. The van der Waals surface area contributed by atoms with Crippen LogP contribution in [0.25, 0.3) is 0 Å². The van der Waals surface area contributed by atoms with Gasteiger partial charge in [-0.25, -0.2) is 12.8 Å². The fourth-order valence-corrected chi connectivity index (χ4v) is 3.78. The number of carbonyl (C=O) groups excluding carboxylic acids is 1. The molecule has 9 heteroatoms. The van der Waals surface area contributed by atoms with Gasteiger partial charge in [0.15, 0.2) is 0 Å². The fourth-order valence-electron chi connectivity index (χ4n) is 1.82. The van der Waals surface area contributed by atoms with Crippen LogP contribution in [-0.4, -0.2) is 20.4 Å². The van der Waals surface area contributed by atoms with Crippen LogP contribution >= 0.6 is 23.2 Å². The lowest BCUT2D eigenvalue weighted by Gasteiger charge is -2.15. The Morgan fingerprint density at radius 1 is 1.12 bits per heavy atom. The molecule has 2 aromatic rings. The van der Waals surface area contributed by atoms with Crippen LogP contribution in [0.3, 0.4) is 0 Å². The molecule has 0 unspecified atom stereocenters. The quantitative estimate of drug-likeness (QED) is 0.820. The van der Waals surface area contributed by atoms with Crippen LogP contribution in [0.5, 0.6) is 0 Å². The molecule has 0 bridgehead atoms. The van der Waals surface area contributed by atoms with Crippen molar-refractivity contribution in [2.75, 3.05) is 5.32 Å². The molecule has 5 nitrogen and oxygen atoms in total. The standard InChI is InChI=1S/C15H13Cl2FN2O3S/c1-9(15(21)19-12-5-3-11(18)4-6-12)20-24(22,23)14-8-10(16)2-7-13(14)17/h2-9,20H,1H3,(H,19,21)/t9-/m1/s1. The summed E-state index contributed by atoms with van der Waals surface area (Å²) < 4.78 is 39.7. The Morgan fingerprint density at radius 2 is 1.75 bits per heavy atom. The van der Waals surface area contributed by atoms with Crippen LogP contribution in [0.15, 0.2) is 47.4 Å². The number of anilines is 1. The minimum Gasteiger partial charge on any atom is -0.325 e. The summed E-state index contributed by atoms with van der Waals surface area (Å²) in [5, 5.41) is 2.66. The van der Waals surface area contributed by atoms with Crippen LogP contribution < -0.4 is 10.0 Å². The highest BCUT2D eigenvalue weighted by molar-refractivity contribution is 7.89. The molecule has 1 amide bonds. The van der Waals surface area contributed by atoms with Gasteiger partial charge in [-0.15, -0.1) is 0 Å². The first kappa shape index (κ1) is 18.7. The second kappa shape index (κ2) is 7.48. The minimum atomic E-state index is -4.04. The summed E-state index contributed by atoms with van der Waals surface area (Å²) in [5.41, 5.74) is 0.341. The molecule has 2 rings (SSSR count). The molecule has 1 atom stereocenters. The molecule has 0 aliphatic carbocycles. The van der Waals surface area contributed by atoms with Crippen molar-refractivity contribution in [3.63, 3.8) is 0 Å². The Balaban J connectivity index is 2.12. The molecule has 2 aromatic carbocycles. The predicted molar refractivity (Wildman–Crippen MR) is 91.3 cm³/mol. The Kier molecular flexibility index (Phi) is 5.82. The average Bonchev–Trinajstić information content (AvgIpc) is 2.51. The van der Waals surface area contributed by atoms with E-state index >= 15 is 0 Å². The highest BCUT2D eigenvalue weighted by Crippen LogP contribution is 2.25. The third-order valence-corrected chi connectivity index (χ3v) is 5.28. The number of rotatable bonds is 5. The molecule has 0 aliphatic heterocycles. The maximum absolute atomic E-state index is 12.8. The van der Waals surface area contributed by atoms with E-state index in [1.54, 1.807) is 0 Å². The summed E-state index contributed by atoms with van der Waals surface area (Å²) in [7, 11) is -4.04. The highest BCUT2D eigenvalue weighted by atomic mass is 35.5. The minimum absolute atomic E-state index is 0.0157. The van der Waals surface area contributed by atoms with Crippen molar-refractivity contribution in [1.29, 1.82) is 0 Å². The van der Waals surface area contributed by atoms with Gasteiger partial charge in [-0.3, -0.25) is 4.79 Å². The molecule has 0 saturated carbocycles. The summed E-state index contributed by atoms with van der Waals surface area (Å²) in [6.07, 6.45) is 0. The molecule has 128 valence electrons. The van der Waals surface area contributed by atoms with Crippen LogP contribution in [0.2, 0.25) is 10.0 Å². The number of halogens is 3. The Morgan fingerprint density at radius 3 is 2.38 bits per heavy atom. The Labute approximate surface area is 148 Å². The van der Waals surface area contributed by atoms with Crippen molar-refractivity contribution in [1.82, 2.24) is 4.72 Å². The predicted octanol–water partition coefficient (Wildman–Crippen LogP) is 3.44. The van der Waals surface area contributed by atoms with E-state index in [0.29, 0.717) is 5.69 Å². The molecule has 0 aliphatic rings. The number of hydrogen-bond acceptors (Lipinski definition) is 3. The topological polar surface area (TPSA) is 75.3 Å². The van der Waals surface area contributed by atoms with Gasteiger partial charge in [-0.05, 0) is 49.4 Å². The molecule has 2 N–H and O–H groups in total. The Bertz CT molecular complexity index is 858. The van der Waals surface area contributed by atoms with Gasteiger partial charge in [0.1, 0.15) is 10.7 Å². The molecular formula is C15H13Cl2FN2O3S. The normalized spacial score (nSPS) is 12.7. The van der Waals surface area contributed by atoms with Gasteiger partial charge in [0, 0.05) is 10.7 Å². The van der Waals surface area contributed by atoms with Crippen LogP contribution in [0.4, 0.5) is 10.1 Å². The van der Waals surface area contributed by atoms with E-state index in [-0.39, 0.29) is 14.9 Å². The van der Waals surface area contributed by atoms with E-state index in [2.05, 4.69) is 10.0 Å². The molecular weight excluding hydrogens is 378 g/mol. The second-order valence-corrected chi connectivity index (χ2v) is 7.44. The molecule has 0 spiro atoms. The van der Waals surface area contributed by atoms with Gasteiger partial charge in [0.25, 0.3) is 0 Å². The van der Waals surface area contributed by atoms with Crippen molar-refractivity contribution in [3.05, 3.63) is 58.3 Å². The third-order valence-electron chi connectivity index (χ3n) is 3.02. The van der Waals surface area contributed by atoms with E-state index < -0.39 is 27.8 Å². The lowest BCUT2D eigenvalue weighted by molar-refractivity contribution is -0.117. The van der Waals surface area contributed by atoms with Crippen molar-refractivity contribution in [3.8, 4) is 0 Å². The lowest BCUT2D eigenvalue weighted by Crippen LogP contribution is -2.41. The average molecular weight is 391 g/mol. The monoisotopic (exact) mass is 390 g/mol. The van der Waals surface area contributed by atoms with E-state index in [9.17, 15) is 17.6 Å².